The van der Waals surface area contributed by atoms with Crippen LogP contribution in [0.15, 0.2) is 52.1 Å². The summed E-state index contributed by atoms with van der Waals surface area (Å²) < 4.78 is 14.5. The van der Waals surface area contributed by atoms with Gasteiger partial charge in [-0.2, -0.15) is 0 Å². The maximum absolute atomic E-state index is 13.8. The van der Waals surface area contributed by atoms with Gasteiger partial charge in [0.25, 0.3) is 5.91 Å². The molecule has 0 fully saturated rings. The second-order valence-electron chi connectivity index (χ2n) is 4.59. The summed E-state index contributed by atoms with van der Waals surface area (Å²) in [6, 6.07) is 11.5. The number of halogens is 2. The second kappa shape index (κ2) is 5.29. The summed E-state index contributed by atoms with van der Waals surface area (Å²) in [5.41, 5.74) is 1.48. The monoisotopic (exact) mass is 348 g/mol. The molecule has 0 aliphatic carbocycles. The van der Waals surface area contributed by atoms with Crippen LogP contribution in [0.5, 0.6) is 0 Å². The van der Waals surface area contributed by atoms with Crippen molar-refractivity contribution >= 4 is 33.2 Å². The molecule has 0 bridgehead atoms. The van der Waals surface area contributed by atoms with E-state index < -0.39 is 5.91 Å². The Morgan fingerprint density at radius 1 is 1.24 bits per heavy atom. The standard InChI is InChI=1S/C15H10BrFN2O2/c16-10-5-6-13-11(7-10)14(18-21)15(20)19(13)8-9-3-1-2-4-12(9)17/h1-7,21H,8H2/b18-14-. The Kier molecular flexibility index (Phi) is 3.47. The van der Waals surface area contributed by atoms with E-state index in [1.165, 1.54) is 11.0 Å². The van der Waals surface area contributed by atoms with Gasteiger partial charge in [0.2, 0.25) is 0 Å². The second-order valence-corrected chi connectivity index (χ2v) is 5.51. The molecule has 1 amide bonds. The zero-order valence-corrected chi connectivity index (χ0v) is 12.3. The number of hydrogen-bond donors (Lipinski definition) is 1. The fourth-order valence-electron chi connectivity index (χ4n) is 2.34. The van der Waals surface area contributed by atoms with Gasteiger partial charge in [0.1, 0.15) is 5.82 Å². The van der Waals surface area contributed by atoms with Crippen molar-refractivity contribution in [3.05, 3.63) is 63.9 Å². The molecule has 1 aliphatic rings. The Hall–Kier alpha value is -2.21. The SMILES string of the molecule is O=C1/C(=N\O)c2cc(Br)ccc2N1Cc1ccccc1F. The molecule has 1 heterocycles. The third-order valence-corrected chi connectivity index (χ3v) is 3.83. The van der Waals surface area contributed by atoms with Crippen molar-refractivity contribution in [2.24, 2.45) is 5.16 Å². The lowest BCUT2D eigenvalue weighted by Gasteiger charge is -2.17. The van der Waals surface area contributed by atoms with Gasteiger partial charge >= 0.3 is 0 Å². The molecule has 1 aliphatic heterocycles. The number of carbonyl (C=O) groups excluding carboxylic acids is 1. The molecule has 4 nitrogen and oxygen atoms in total. The van der Waals surface area contributed by atoms with E-state index in [1.54, 1.807) is 36.4 Å². The van der Waals surface area contributed by atoms with E-state index in [9.17, 15) is 9.18 Å². The number of anilines is 1. The maximum Gasteiger partial charge on any atom is 0.281 e. The topological polar surface area (TPSA) is 52.9 Å². The van der Waals surface area contributed by atoms with E-state index in [-0.39, 0.29) is 18.1 Å². The molecule has 21 heavy (non-hydrogen) atoms. The smallest absolute Gasteiger partial charge is 0.281 e. The number of nitrogens with zero attached hydrogens (tertiary/aromatic N) is 2. The lowest BCUT2D eigenvalue weighted by Crippen LogP contribution is -2.29. The highest BCUT2D eigenvalue weighted by Crippen LogP contribution is 2.33. The van der Waals surface area contributed by atoms with Crippen molar-refractivity contribution in [2.45, 2.75) is 6.54 Å². The number of fused-ring (bicyclic) bond motifs is 1. The average molecular weight is 349 g/mol. The van der Waals surface area contributed by atoms with E-state index >= 15 is 0 Å². The van der Waals surface area contributed by atoms with Crippen LogP contribution in [-0.4, -0.2) is 16.8 Å². The Labute approximate surface area is 128 Å². The molecular weight excluding hydrogens is 339 g/mol. The molecule has 0 radical (unpaired) electrons. The summed E-state index contributed by atoms with van der Waals surface area (Å²) in [6.07, 6.45) is 0. The summed E-state index contributed by atoms with van der Waals surface area (Å²) in [6.45, 7) is 0.0825. The zero-order chi connectivity index (χ0) is 15.0. The van der Waals surface area contributed by atoms with Crippen LogP contribution in [0.4, 0.5) is 10.1 Å². The van der Waals surface area contributed by atoms with Crippen LogP contribution in [0, 0.1) is 5.82 Å². The molecule has 2 aromatic carbocycles. The van der Waals surface area contributed by atoms with Crippen molar-refractivity contribution < 1.29 is 14.4 Å². The van der Waals surface area contributed by atoms with Crippen LogP contribution in [0.1, 0.15) is 11.1 Å². The van der Waals surface area contributed by atoms with Crippen molar-refractivity contribution in [3.63, 3.8) is 0 Å². The quantitative estimate of drug-likeness (QED) is 0.668. The first-order valence-electron chi connectivity index (χ1n) is 6.19. The van der Waals surface area contributed by atoms with Gasteiger partial charge in [0.05, 0.1) is 12.2 Å². The summed E-state index contributed by atoms with van der Waals surface area (Å²) in [4.78, 5) is 13.7. The molecule has 0 saturated carbocycles. The Morgan fingerprint density at radius 3 is 2.71 bits per heavy atom. The highest BCUT2D eigenvalue weighted by Gasteiger charge is 2.35. The lowest BCUT2D eigenvalue weighted by atomic mass is 10.1. The maximum atomic E-state index is 13.8. The zero-order valence-electron chi connectivity index (χ0n) is 10.8. The third-order valence-electron chi connectivity index (χ3n) is 3.34. The number of amides is 1. The molecule has 6 heteroatoms. The van der Waals surface area contributed by atoms with Gasteiger partial charge in [-0.15, -0.1) is 0 Å². The molecular formula is C15H10BrFN2O2. The molecule has 106 valence electrons. The van der Waals surface area contributed by atoms with Crippen LogP contribution in [0.3, 0.4) is 0 Å². The first-order chi connectivity index (χ1) is 10.1. The predicted molar refractivity (Wildman–Crippen MR) is 80.1 cm³/mol. The van der Waals surface area contributed by atoms with E-state index in [1.807, 2.05) is 0 Å². The summed E-state index contributed by atoms with van der Waals surface area (Å²) in [7, 11) is 0. The van der Waals surface area contributed by atoms with E-state index in [2.05, 4.69) is 21.1 Å². The Morgan fingerprint density at radius 2 is 2.00 bits per heavy atom. The predicted octanol–water partition coefficient (Wildman–Crippen LogP) is 3.31. The van der Waals surface area contributed by atoms with Crippen LogP contribution >= 0.6 is 15.9 Å². The molecule has 2 aromatic rings. The van der Waals surface area contributed by atoms with Crippen molar-refractivity contribution in [1.29, 1.82) is 0 Å². The number of oxime groups is 1. The summed E-state index contributed by atoms with van der Waals surface area (Å²) >= 11 is 3.31. The molecule has 0 atom stereocenters. The normalized spacial score (nSPS) is 15.6. The van der Waals surface area contributed by atoms with Gasteiger partial charge in [-0.05, 0) is 24.3 Å². The third kappa shape index (κ3) is 2.31. The largest absolute Gasteiger partial charge is 0.410 e. The minimum atomic E-state index is -0.450. The molecule has 0 saturated heterocycles. The first-order valence-corrected chi connectivity index (χ1v) is 6.98. The molecule has 1 N–H and O–H groups in total. The van der Waals surface area contributed by atoms with Gasteiger partial charge in [-0.3, -0.25) is 4.79 Å². The van der Waals surface area contributed by atoms with Gasteiger partial charge in [0.15, 0.2) is 5.71 Å². The molecule has 0 unspecified atom stereocenters. The number of hydrogen-bond acceptors (Lipinski definition) is 3. The van der Waals surface area contributed by atoms with Crippen LogP contribution in [-0.2, 0) is 11.3 Å². The number of carbonyl (C=O) groups is 1. The molecule has 0 spiro atoms. The minimum absolute atomic E-state index is 0.0392. The van der Waals surface area contributed by atoms with Gasteiger partial charge in [-0.25, -0.2) is 4.39 Å². The fraction of sp³-hybridized carbons (Fsp3) is 0.0667. The summed E-state index contributed by atoms with van der Waals surface area (Å²) in [5.74, 6) is -0.827. The average Bonchev–Trinajstić information content (AvgIpc) is 2.73. The van der Waals surface area contributed by atoms with Crippen molar-refractivity contribution in [1.82, 2.24) is 0 Å². The van der Waals surface area contributed by atoms with Gasteiger partial charge in [-0.1, -0.05) is 39.3 Å². The number of rotatable bonds is 2. The molecule has 0 aromatic heterocycles. The Bertz CT molecular complexity index is 761. The van der Waals surface area contributed by atoms with Crippen molar-refractivity contribution in [2.75, 3.05) is 4.90 Å². The lowest BCUT2D eigenvalue weighted by molar-refractivity contribution is -0.112. The molecule has 3 rings (SSSR count). The number of benzene rings is 2. The van der Waals surface area contributed by atoms with E-state index in [4.69, 9.17) is 5.21 Å². The minimum Gasteiger partial charge on any atom is -0.410 e. The van der Waals surface area contributed by atoms with Crippen LogP contribution in [0.2, 0.25) is 0 Å². The van der Waals surface area contributed by atoms with Gasteiger partial charge in [0, 0.05) is 15.6 Å². The highest BCUT2D eigenvalue weighted by atomic mass is 79.9. The van der Waals surface area contributed by atoms with Gasteiger partial charge < -0.3 is 10.1 Å². The van der Waals surface area contributed by atoms with Crippen molar-refractivity contribution in [3.8, 4) is 0 Å². The van der Waals surface area contributed by atoms with E-state index in [0.29, 0.717) is 16.8 Å². The fourth-order valence-corrected chi connectivity index (χ4v) is 2.70. The van der Waals surface area contributed by atoms with Crippen LogP contribution in [0.25, 0.3) is 0 Å². The first kappa shape index (κ1) is 13.8. The highest BCUT2D eigenvalue weighted by molar-refractivity contribution is 9.10. The Balaban J connectivity index is 2.05. The van der Waals surface area contributed by atoms with Crippen LogP contribution < -0.4 is 4.90 Å². The summed E-state index contributed by atoms with van der Waals surface area (Å²) in [5, 5.41) is 12.1. The van der Waals surface area contributed by atoms with E-state index in [0.717, 1.165) is 4.47 Å².